The summed E-state index contributed by atoms with van der Waals surface area (Å²) in [4.78, 5) is 24.3. The number of hydrogen-bond acceptors (Lipinski definition) is 9. The summed E-state index contributed by atoms with van der Waals surface area (Å²) < 4.78 is 23.3. The summed E-state index contributed by atoms with van der Waals surface area (Å²) in [5.74, 6) is 1.07. The van der Waals surface area contributed by atoms with E-state index in [1.54, 1.807) is 6.07 Å². The standard InChI is InChI=1S/C32H45N5O5/c1-19-14-22-23(32(6,7)42-31(22,4)5)16-20(19)15-21-12-13-24(41-21)26(38)34-25-27(39-10)35-29(36-28(25)40-11)33-17-30(2,3)18-37(8)9/h12-14,16H,15,17-18H2,1-11H3,(H,34,38)(H,33,35,36). The van der Waals surface area contributed by atoms with E-state index in [0.717, 1.165) is 17.7 Å². The second kappa shape index (κ2) is 11.6. The number of methoxy groups -OCH3 is 2. The molecule has 42 heavy (non-hydrogen) atoms. The number of carbonyl (C=O) groups is 1. The Labute approximate surface area is 249 Å². The minimum absolute atomic E-state index is 0.0316. The molecule has 0 unspecified atom stereocenters. The van der Waals surface area contributed by atoms with Gasteiger partial charge in [0.15, 0.2) is 11.4 Å². The Morgan fingerprint density at radius 2 is 1.60 bits per heavy atom. The first-order chi connectivity index (χ1) is 19.5. The Hall–Kier alpha value is -3.63. The monoisotopic (exact) mass is 579 g/mol. The number of nitrogens with zero attached hydrogens (tertiary/aromatic N) is 3. The van der Waals surface area contributed by atoms with Crippen molar-refractivity contribution in [3.8, 4) is 11.8 Å². The van der Waals surface area contributed by atoms with Gasteiger partial charge in [-0.2, -0.15) is 9.97 Å². The highest BCUT2D eigenvalue weighted by molar-refractivity contribution is 6.03. The topological polar surface area (TPSA) is 111 Å². The van der Waals surface area contributed by atoms with Crippen LogP contribution in [0.5, 0.6) is 11.8 Å². The maximum absolute atomic E-state index is 13.2. The van der Waals surface area contributed by atoms with Crippen molar-refractivity contribution in [3.63, 3.8) is 0 Å². The van der Waals surface area contributed by atoms with Gasteiger partial charge in [0, 0.05) is 19.5 Å². The number of furan rings is 1. The van der Waals surface area contributed by atoms with Crippen molar-refractivity contribution in [1.29, 1.82) is 0 Å². The van der Waals surface area contributed by atoms with Crippen LogP contribution in [0.25, 0.3) is 0 Å². The van der Waals surface area contributed by atoms with Crippen LogP contribution in [0.1, 0.15) is 80.1 Å². The molecular formula is C32H45N5O5. The normalized spacial score (nSPS) is 15.4. The number of aryl methyl sites for hydroxylation is 1. The Morgan fingerprint density at radius 1 is 1.00 bits per heavy atom. The van der Waals surface area contributed by atoms with E-state index < -0.39 is 5.91 Å². The van der Waals surface area contributed by atoms with Crippen LogP contribution in [0.15, 0.2) is 28.7 Å². The summed E-state index contributed by atoms with van der Waals surface area (Å²) in [7, 11) is 7.03. The second-order valence-electron chi connectivity index (χ2n) is 13.0. The van der Waals surface area contributed by atoms with Gasteiger partial charge in [-0.05, 0) is 88.5 Å². The molecule has 0 bridgehead atoms. The number of hydrogen-bond donors (Lipinski definition) is 2. The summed E-state index contributed by atoms with van der Waals surface area (Å²) in [6.07, 6.45) is 0.545. The third-order valence-corrected chi connectivity index (χ3v) is 7.47. The summed E-state index contributed by atoms with van der Waals surface area (Å²) in [6, 6.07) is 7.88. The molecule has 1 aliphatic heterocycles. The summed E-state index contributed by atoms with van der Waals surface area (Å²) in [6.45, 7) is 16.3. The molecule has 0 atom stereocenters. The zero-order chi connectivity index (χ0) is 31.0. The molecule has 228 valence electrons. The zero-order valence-electron chi connectivity index (χ0n) is 26.8. The second-order valence-corrected chi connectivity index (χ2v) is 13.0. The van der Waals surface area contributed by atoms with Crippen LogP contribution in [0.4, 0.5) is 11.6 Å². The highest BCUT2D eigenvalue weighted by atomic mass is 16.5. The van der Waals surface area contributed by atoms with E-state index in [-0.39, 0.29) is 39.8 Å². The third kappa shape index (κ3) is 6.71. The quantitative estimate of drug-likeness (QED) is 0.294. The minimum Gasteiger partial charge on any atom is -0.479 e. The highest BCUT2D eigenvalue weighted by Crippen LogP contribution is 2.47. The number of rotatable bonds is 11. The summed E-state index contributed by atoms with van der Waals surface area (Å²) in [5, 5.41) is 6.07. The number of anilines is 2. The molecule has 10 heteroatoms. The van der Waals surface area contributed by atoms with Gasteiger partial charge < -0.3 is 34.2 Å². The van der Waals surface area contributed by atoms with Crippen LogP contribution in [-0.2, 0) is 22.4 Å². The van der Waals surface area contributed by atoms with Crippen molar-refractivity contribution in [1.82, 2.24) is 14.9 Å². The fraction of sp³-hybridized carbons (Fsp3) is 0.531. The van der Waals surface area contributed by atoms with Gasteiger partial charge in [-0.25, -0.2) is 0 Å². The van der Waals surface area contributed by atoms with E-state index in [1.807, 2.05) is 20.2 Å². The van der Waals surface area contributed by atoms with Crippen molar-refractivity contribution in [2.75, 3.05) is 52.0 Å². The molecule has 3 heterocycles. The van der Waals surface area contributed by atoms with E-state index in [0.29, 0.717) is 24.7 Å². The van der Waals surface area contributed by atoms with Crippen molar-refractivity contribution in [3.05, 3.63) is 58.0 Å². The maximum atomic E-state index is 13.2. The predicted molar refractivity (Wildman–Crippen MR) is 164 cm³/mol. The Morgan fingerprint density at radius 3 is 2.17 bits per heavy atom. The molecule has 1 amide bonds. The van der Waals surface area contributed by atoms with Crippen LogP contribution in [0, 0.1) is 12.3 Å². The molecule has 2 aromatic heterocycles. The Bertz CT molecular complexity index is 1430. The highest BCUT2D eigenvalue weighted by Gasteiger charge is 2.43. The smallest absolute Gasteiger partial charge is 0.291 e. The molecule has 1 aromatic carbocycles. The van der Waals surface area contributed by atoms with E-state index >= 15 is 0 Å². The Balaban J connectivity index is 1.51. The van der Waals surface area contributed by atoms with Gasteiger partial charge in [0.1, 0.15) is 5.76 Å². The van der Waals surface area contributed by atoms with Crippen molar-refractivity contribution in [2.24, 2.45) is 5.41 Å². The fourth-order valence-electron chi connectivity index (χ4n) is 5.78. The molecule has 2 N–H and O–H groups in total. The zero-order valence-corrected chi connectivity index (χ0v) is 26.8. The lowest BCUT2D eigenvalue weighted by Crippen LogP contribution is -2.34. The predicted octanol–water partition coefficient (Wildman–Crippen LogP) is 5.74. The molecular weight excluding hydrogens is 534 g/mol. The average Bonchev–Trinajstić information content (AvgIpc) is 3.42. The SMILES string of the molecule is COc1nc(NCC(C)(C)CN(C)C)nc(OC)c1NC(=O)c1ccc(Cc2cc3c(cc2C)C(C)(C)OC3(C)C)o1. The van der Waals surface area contributed by atoms with E-state index in [4.69, 9.17) is 18.6 Å². The molecule has 4 rings (SSSR count). The number of nitrogens with one attached hydrogen (secondary N) is 2. The number of carbonyl (C=O) groups excluding carboxylic acids is 1. The fourth-order valence-corrected chi connectivity index (χ4v) is 5.78. The van der Waals surface area contributed by atoms with E-state index in [9.17, 15) is 4.79 Å². The van der Waals surface area contributed by atoms with E-state index in [2.05, 4.69) is 86.1 Å². The molecule has 0 saturated carbocycles. The molecule has 0 aliphatic carbocycles. The van der Waals surface area contributed by atoms with Crippen molar-refractivity contribution < 1.29 is 23.4 Å². The summed E-state index contributed by atoms with van der Waals surface area (Å²) >= 11 is 0. The van der Waals surface area contributed by atoms with Crippen molar-refractivity contribution >= 4 is 17.5 Å². The molecule has 1 aliphatic rings. The van der Waals surface area contributed by atoms with Crippen LogP contribution in [0.3, 0.4) is 0 Å². The van der Waals surface area contributed by atoms with Gasteiger partial charge in [0.2, 0.25) is 17.7 Å². The Kier molecular flexibility index (Phi) is 8.62. The van der Waals surface area contributed by atoms with Crippen LogP contribution in [0.2, 0.25) is 0 Å². The first-order valence-corrected chi connectivity index (χ1v) is 14.2. The van der Waals surface area contributed by atoms with Gasteiger partial charge in [0.05, 0.1) is 25.4 Å². The average molecular weight is 580 g/mol. The summed E-state index contributed by atoms with van der Waals surface area (Å²) in [5.41, 5.74) is 4.11. The first kappa shape index (κ1) is 31.3. The van der Waals surface area contributed by atoms with Crippen LogP contribution < -0.4 is 20.1 Å². The third-order valence-electron chi connectivity index (χ3n) is 7.47. The molecule has 3 aromatic rings. The molecule has 0 radical (unpaired) electrons. The number of benzene rings is 1. The van der Waals surface area contributed by atoms with Crippen LogP contribution >= 0.6 is 0 Å². The van der Waals surface area contributed by atoms with E-state index in [1.165, 1.54) is 25.3 Å². The van der Waals surface area contributed by atoms with Crippen molar-refractivity contribution in [2.45, 2.75) is 66.1 Å². The number of fused-ring (bicyclic) bond motifs is 1. The molecule has 0 spiro atoms. The molecule has 10 nitrogen and oxygen atoms in total. The van der Waals surface area contributed by atoms with Crippen LogP contribution in [-0.4, -0.2) is 62.2 Å². The lowest BCUT2D eigenvalue weighted by Gasteiger charge is -2.28. The first-order valence-electron chi connectivity index (χ1n) is 14.2. The number of aromatic nitrogens is 2. The van der Waals surface area contributed by atoms with Gasteiger partial charge >= 0.3 is 0 Å². The van der Waals surface area contributed by atoms with Gasteiger partial charge in [-0.3, -0.25) is 4.79 Å². The van der Waals surface area contributed by atoms with Gasteiger partial charge in [-0.15, -0.1) is 0 Å². The number of amides is 1. The van der Waals surface area contributed by atoms with Gasteiger partial charge in [-0.1, -0.05) is 26.0 Å². The van der Waals surface area contributed by atoms with Gasteiger partial charge in [0.25, 0.3) is 5.91 Å². The lowest BCUT2D eigenvalue weighted by atomic mass is 9.86. The maximum Gasteiger partial charge on any atom is 0.291 e. The number of ether oxygens (including phenoxy) is 3. The molecule has 0 fully saturated rings. The lowest BCUT2D eigenvalue weighted by molar-refractivity contribution is -0.105. The minimum atomic E-state index is -0.462. The largest absolute Gasteiger partial charge is 0.479 e. The molecule has 0 saturated heterocycles.